The summed E-state index contributed by atoms with van der Waals surface area (Å²) in [6.07, 6.45) is 16.4. The van der Waals surface area contributed by atoms with Crippen molar-refractivity contribution in [3.8, 4) is 0 Å². The molecule has 0 aromatic carbocycles. The Labute approximate surface area is 75.7 Å². The van der Waals surface area contributed by atoms with Crippen molar-refractivity contribution in [2.75, 3.05) is 0 Å². The molecule has 1 aliphatic carbocycles. The van der Waals surface area contributed by atoms with Crippen molar-refractivity contribution in [2.24, 2.45) is 0 Å². The molecule has 1 fully saturated rings. The lowest BCUT2D eigenvalue weighted by Gasteiger charge is -1.90. The van der Waals surface area contributed by atoms with Gasteiger partial charge in [-0.3, -0.25) is 0 Å². The molecule has 0 atom stereocenters. The van der Waals surface area contributed by atoms with Gasteiger partial charge in [0.25, 0.3) is 0 Å². The molecule has 0 radical (unpaired) electrons. The van der Waals surface area contributed by atoms with E-state index in [9.17, 15) is 0 Å². The van der Waals surface area contributed by atoms with Crippen LogP contribution in [0.2, 0.25) is 0 Å². The molecule has 0 bridgehead atoms. The van der Waals surface area contributed by atoms with Crippen LogP contribution in [0.5, 0.6) is 0 Å². The SMILES string of the molecule is C=CCCCCC=CC=C1CC1. The van der Waals surface area contributed by atoms with E-state index in [1.165, 1.54) is 32.1 Å². The first kappa shape index (κ1) is 9.31. The summed E-state index contributed by atoms with van der Waals surface area (Å²) >= 11 is 0. The molecule has 0 aromatic heterocycles. The molecule has 0 unspecified atom stereocenters. The maximum absolute atomic E-state index is 3.70. The third-order valence-corrected chi connectivity index (χ3v) is 2.04. The Morgan fingerprint density at radius 3 is 2.58 bits per heavy atom. The largest absolute Gasteiger partial charge is 0.103 e. The van der Waals surface area contributed by atoms with Gasteiger partial charge in [0, 0.05) is 0 Å². The van der Waals surface area contributed by atoms with Gasteiger partial charge in [-0.1, -0.05) is 29.9 Å². The van der Waals surface area contributed by atoms with E-state index in [1.807, 2.05) is 6.08 Å². The van der Waals surface area contributed by atoms with Crippen molar-refractivity contribution in [1.82, 2.24) is 0 Å². The Hall–Kier alpha value is -0.780. The summed E-state index contributed by atoms with van der Waals surface area (Å²) in [6.45, 7) is 3.70. The summed E-state index contributed by atoms with van der Waals surface area (Å²) in [5.74, 6) is 0. The van der Waals surface area contributed by atoms with Gasteiger partial charge in [-0.05, 0) is 38.5 Å². The Kier molecular flexibility index (Phi) is 4.51. The van der Waals surface area contributed by atoms with E-state index in [4.69, 9.17) is 0 Å². The molecule has 0 amide bonds. The van der Waals surface area contributed by atoms with Crippen LogP contribution in [0.1, 0.15) is 38.5 Å². The summed E-state index contributed by atoms with van der Waals surface area (Å²) in [6, 6.07) is 0. The second kappa shape index (κ2) is 5.82. The van der Waals surface area contributed by atoms with Crippen LogP contribution in [0.3, 0.4) is 0 Å². The molecule has 0 aromatic rings. The lowest BCUT2D eigenvalue weighted by molar-refractivity contribution is 0.763. The van der Waals surface area contributed by atoms with Crippen LogP contribution >= 0.6 is 0 Å². The number of hydrogen-bond acceptors (Lipinski definition) is 0. The van der Waals surface area contributed by atoms with Crippen LogP contribution < -0.4 is 0 Å². The molecule has 0 N–H and O–H groups in total. The molecule has 0 heteroatoms. The molecule has 0 nitrogen and oxygen atoms in total. The van der Waals surface area contributed by atoms with E-state index in [2.05, 4.69) is 24.8 Å². The van der Waals surface area contributed by atoms with Gasteiger partial charge < -0.3 is 0 Å². The van der Waals surface area contributed by atoms with E-state index < -0.39 is 0 Å². The van der Waals surface area contributed by atoms with E-state index >= 15 is 0 Å². The van der Waals surface area contributed by atoms with E-state index in [0.29, 0.717) is 0 Å². The van der Waals surface area contributed by atoms with Gasteiger partial charge in [0.15, 0.2) is 0 Å². The molecule has 1 aliphatic rings. The van der Waals surface area contributed by atoms with Crippen molar-refractivity contribution in [1.29, 1.82) is 0 Å². The fourth-order valence-corrected chi connectivity index (χ4v) is 1.09. The maximum atomic E-state index is 3.70. The van der Waals surface area contributed by atoms with Crippen molar-refractivity contribution in [3.63, 3.8) is 0 Å². The highest BCUT2D eigenvalue weighted by atomic mass is 14.1. The van der Waals surface area contributed by atoms with Crippen molar-refractivity contribution >= 4 is 0 Å². The minimum atomic E-state index is 1.16. The molecule has 0 heterocycles. The lowest BCUT2D eigenvalue weighted by atomic mass is 10.2. The Bertz CT molecular complexity index is 178. The highest BCUT2D eigenvalue weighted by Gasteiger charge is 2.07. The second-order valence-corrected chi connectivity index (χ2v) is 3.33. The minimum Gasteiger partial charge on any atom is -0.103 e. The quantitative estimate of drug-likeness (QED) is 0.409. The summed E-state index contributed by atoms with van der Waals surface area (Å²) < 4.78 is 0. The third-order valence-electron chi connectivity index (χ3n) is 2.04. The summed E-state index contributed by atoms with van der Waals surface area (Å²) in [5.41, 5.74) is 1.61. The van der Waals surface area contributed by atoms with Crippen LogP contribution in [0.4, 0.5) is 0 Å². The lowest BCUT2D eigenvalue weighted by Crippen LogP contribution is -1.70. The van der Waals surface area contributed by atoms with E-state index in [-0.39, 0.29) is 0 Å². The first-order valence-electron chi connectivity index (χ1n) is 4.89. The molecule has 1 saturated carbocycles. The number of allylic oxidation sites excluding steroid dienone is 5. The van der Waals surface area contributed by atoms with Crippen molar-refractivity contribution < 1.29 is 0 Å². The standard InChI is InChI=1S/C12H18/c1-2-3-4-5-6-7-8-9-12-10-11-12/h2,7-9H,1,3-6,10-11H2. The third kappa shape index (κ3) is 4.95. The van der Waals surface area contributed by atoms with Gasteiger partial charge >= 0.3 is 0 Å². The molecular formula is C12H18. The monoisotopic (exact) mass is 162 g/mol. The zero-order valence-electron chi connectivity index (χ0n) is 7.76. The van der Waals surface area contributed by atoms with Crippen LogP contribution in [0.15, 0.2) is 36.5 Å². The first-order chi connectivity index (χ1) is 5.93. The fraction of sp³-hybridized carbons (Fsp3) is 0.500. The van der Waals surface area contributed by atoms with Gasteiger partial charge in [0.2, 0.25) is 0 Å². The predicted octanol–water partition coefficient (Wildman–Crippen LogP) is 4.01. The average Bonchev–Trinajstić information content (AvgIpc) is 2.87. The topological polar surface area (TPSA) is 0 Å². The minimum absolute atomic E-state index is 1.16. The molecule has 0 saturated heterocycles. The Morgan fingerprint density at radius 2 is 1.92 bits per heavy atom. The van der Waals surface area contributed by atoms with Crippen LogP contribution in [0.25, 0.3) is 0 Å². The number of rotatable bonds is 6. The van der Waals surface area contributed by atoms with Crippen LogP contribution in [0, 0.1) is 0 Å². The molecule has 1 rings (SSSR count). The average molecular weight is 162 g/mol. The van der Waals surface area contributed by atoms with Gasteiger partial charge in [-0.2, -0.15) is 0 Å². The van der Waals surface area contributed by atoms with Crippen LogP contribution in [-0.2, 0) is 0 Å². The Morgan fingerprint density at radius 1 is 1.17 bits per heavy atom. The molecule has 12 heavy (non-hydrogen) atoms. The normalized spacial score (nSPS) is 15.2. The van der Waals surface area contributed by atoms with E-state index in [0.717, 1.165) is 6.42 Å². The van der Waals surface area contributed by atoms with E-state index in [1.54, 1.807) is 5.57 Å². The Balaban J connectivity index is 1.90. The fourth-order valence-electron chi connectivity index (χ4n) is 1.09. The maximum Gasteiger partial charge on any atom is -0.0280 e. The van der Waals surface area contributed by atoms with Gasteiger partial charge in [-0.15, -0.1) is 6.58 Å². The van der Waals surface area contributed by atoms with Gasteiger partial charge in [-0.25, -0.2) is 0 Å². The number of hydrogen-bond donors (Lipinski definition) is 0. The molecule has 66 valence electrons. The smallest absolute Gasteiger partial charge is 0.0280 e. The van der Waals surface area contributed by atoms with Gasteiger partial charge in [0.05, 0.1) is 0 Å². The van der Waals surface area contributed by atoms with Gasteiger partial charge in [0.1, 0.15) is 0 Å². The zero-order valence-corrected chi connectivity index (χ0v) is 7.76. The summed E-state index contributed by atoms with van der Waals surface area (Å²) in [4.78, 5) is 0. The summed E-state index contributed by atoms with van der Waals surface area (Å²) in [7, 11) is 0. The summed E-state index contributed by atoms with van der Waals surface area (Å²) in [5, 5.41) is 0. The highest BCUT2D eigenvalue weighted by Crippen LogP contribution is 2.27. The molecule has 0 aliphatic heterocycles. The predicted molar refractivity (Wildman–Crippen MR) is 55.1 cm³/mol. The molecule has 0 spiro atoms. The molecular weight excluding hydrogens is 144 g/mol. The van der Waals surface area contributed by atoms with Crippen molar-refractivity contribution in [3.05, 3.63) is 36.5 Å². The van der Waals surface area contributed by atoms with Crippen molar-refractivity contribution in [2.45, 2.75) is 38.5 Å². The first-order valence-corrected chi connectivity index (χ1v) is 4.89. The highest BCUT2D eigenvalue weighted by molar-refractivity contribution is 5.22. The zero-order chi connectivity index (χ0) is 8.65. The number of unbranched alkanes of at least 4 members (excludes halogenated alkanes) is 3. The second-order valence-electron chi connectivity index (χ2n) is 3.33. The van der Waals surface area contributed by atoms with Crippen LogP contribution in [-0.4, -0.2) is 0 Å².